The van der Waals surface area contributed by atoms with Gasteiger partial charge in [-0.05, 0) is 27.2 Å². The van der Waals surface area contributed by atoms with Gasteiger partial charge in [0.25, 0.3) is 0 Å². The summed E-state index contributed by atoms with van der Waals surface area (Å²) < 4.78 is 5.07. The molecule has 0 saturated carbocycles. The van der Waals surface area contributed by atoms with Crippen LogP contribution in [0.4, 0.5) is 4.79 Å². The highest BCUT2D eigenvalue weighted by Gasteiger charge is 2.15. The summed E-state index contributed by atoms with van der Waals surface area (Å²) >= 11 is 0. The summed E-state index contributed by atoms with van der Waals surface area (Å²) in [7, 11) is 0. The van der Waals surface area contributed by atoms with E-state index >= 15 is 0 Å². The second kappa shape index (κ2) is 6.74. The Morgan fingerprint density at radius 2 is 2.20 bits per heavy atom. The number of alkyl carbamates (subject to hydrolysis) is 1. The predicted octanol–water partition coefficient (Wildman–Crippen LogP) is 2.04. The van der Waals surface area contributed by atoms with Crippen molar-refractivity contribution < 1.29 is 19.4 Å². The highest BCUT2D eigenvalue weighted by molar-refractivity contribution is 5.89. The van der Waals surface area contributed by atoms with Gasteiger partial charge in [-0.25, -0.2) is 9.59 Å². The SMILES string of the molecule is CC(C)(C)OC(=O)NCCC=Cc1cn[nH]c1C(=O)O. The molecule has 7 nitrogen and oxygen atoms in total. The van der Waals surface area contributed by atoms with Crippen LogP contribution in [0.25, 0.3) is 6.08 Å². The van der Waals surface area contributed by atoms with Gasteiger partial charge < -0.3 is 15.2 Å². The first-order valence-corrected chi connectivity index (χ1v) is 6.19. The third-order valence-electron chi connectivity index (χ3n) is 2.16. The number of nitrogens with one attached hydrogen (secondary N) is 2. The molecule has 0 unspecified atom stereocenters. The number of carboxylic acids is 1. The number of rotatable bonds is 5. The van der Waals surface area contributed by atoms with E-state index in [-0.39, 0.29) is 5.69 Å². The van der Waals surface area contributed by atoms with Crippen LogP contribution in [0.2, 0.25) is 0 Å². The molecule has 0 aromatic carbocycles. The Bertz CT molecular complexity index is 500. The minimum atomic E-state index is -1.06. The predicted molar refractivity (Wildman–Crippen MR) is 73.4 cm³/mol. The number of H-pyrrole nitrogens is 1. The van der Waals surface area contributed by atoms with E-state index in [1.807, 2.05) is 0 Å². The second-order valence-corrected chi connectivity index (χ2v) is 5.13. The Morgan fingerprint density at radius 3 is 2.80 bits per heavy atom. The van der Waals surface area contributed by atoms with Crippen LogP contribution in [-0.4, -0.2) is 39.5 Å². The number of aromatic nitrogens is 2. The summed E-state index contributed by atoms with van der Waals surface area (Å²) in [5.74, 6) is -1.06. The molecule has 0 atom stereocenters. The summed E-state index contributed by atoms with van der Waals surface area (Å²) in [5.41, 5.74) is 0.0173. The normalized spacial score (nSPS) is 11.6. The molecule has 110 valence electrons. The van der Waals surface area contributed by atoms with Crippen LogP contribution < -0.4 is 5.32 Å². The Hall–Kier alpha value is -2.31. The summed E-state index contributed by atoms with van der Waals surface area (Å²) in [6, 6.07) is 0. The van der Waals surface area contributed by atoms with Gasteiger partial charge in [0, 0.05) is 12.1 Å². The van der Waals surface area contributed by atoms with Crippen molar-refractivity contribution in [1.29, 1.82) is 0 Å². The van der Waals surface area contributed by atoms with Gasteiger partial charge in [-0.1, -0.05) is 12.2 Å². The lowest BCUT2D eigenvalue weighted by Gasteiger charge is -2.19. The molecule has 0 aliphatic heterocycles. The van der Waals surface area contributed by atoms with Crippen molar-refractivity contribution in [3.8, 4) is 0 Å². The zero-order valence-corrected chi connectivity index (χ0v) is 11.8. The van der Waals surface area contributed by atoms with Crippen LogP contribution in [-0.2, 0) is 4.74 Å². The maximum Gasteiger partial charge on any atom is 0.407 e. The number of hydrogen-bond donors (Lipinski definition) is 3. The Kier molecular flexibility index (Phi) is 5.31. The molecule has 3 N–H and O–H groups in total. The minimum absolute atomic E-state index is 0.0429. The van der Waals surface area contributed by atoms with E-state index in [4.69, 9.17) is 9.84 Å². The van der Waals surface area contributed by atoms with Crippen LogP contribution in [0.3, 0.4) is 0 Å². The number of carboxylic acid groups (broad SMARTS) is 1. The smallest absolute Gasteiger partial charge is 0.407 e. The molecule has 7 heteroatoms. The molecular formula is C13H19N3O4. The monoisotopic (exact) mass is 281 g/mol. The number of amides is 1. The molecule has 0 saturated heterocycles. The first kappa shape index (κ1) is 15.7. The molecule has 1 aromatic rings. The van der Waals surface area contributed by atoms with Crippen molar-refractivity contribution in [2.75, 3.05) is 6.54 Å². The topological polar surface area (TPSA) is 104 Å². The van der Waals surface area contributed by atoms with Crippen molar-refractivity contribution in [2.45, 2.75) is 32.8 Å². The van der Waals surface area contributed by atoms with E-state index in [9.17, 15) is 9.59 Å². The Labute approximate surface area is 117 Å². The lowest BCUT2D eigenvalue weighted by molar-refractivity contribution is 0.0528. The van der Waals surface area contributed by atoms with Gasteiger partial charge >= 0.3 is 12.1 Å². The number of carbonyl (C=O) groups excluding carboxylic acids is 1. The number of nitrogens with zero attached hydrogens (tertiary/aromatic N) is 1. The van der Waals surface area contributed by atoms with Crippen molar-refractivity contribution >= 4 is 18.1 Å². The number of ether oxygens (including phenoxy) is 1. The number of aromatic carboxylic acids is 1. The van der Waals surface area contributed by atoms with E-state index in [0.29, 0.717) is 18.5 Å². The van der Waals surface area contributed by atoms with Gasteiger partial charge in [-0.15, -0.1) is 0 Å². The third kappa shape index (κ3) is 5.55. The average Bonchev–Trinajstić information content (AvgIpc) is 2.74. The van der Waals surface area contributed by atoms with Crippen molar-refractivity contribution in [3.05, 3.63) is 23.5 Å². The fourth-order valence-corrected chi connectivity index (χ4v) is 1.38. The Morgan fingerprint density at radius 1 is 1.50 bits per heavy atom. The molecule has 1 aromatic heterocycles. The molecule has 1 amide bonds. The van der Waals surface area contributed by atoms with Crippen molar-refractivity contribution in [3.63, 3.8) is 0 Å². The fraction of sp³-hybridized carbons (Fsp3) is 0.462. The minimum Gasteiger partial charge on any atom is -0.477 e. The van der Waals surface area contributed by atoms with Gasteiger partial charge in [0.2, 0.25) is 0 Å². The highest BCUT2D eigenvalue weighted by Crippen LogP contribution is 2.08. The molecule has 0 aliphatic carbocycles. The lowest BCUT2D eigenvalue weighted by Crippen LogP contribution is -2.32. The standard InChI is InChI=1S/C13H19N3O4/c1-13(2,3)20-12(19)14-7-5-4-6-9-8-15-16-10(9)11(17)18/h4,6,8H,5,7H2,1-3H3,(H,14,19)(H,15,16)(H,17,18). The van der Waals surface area contributed by atoms with Crippen LogP contribution in [0.5, 0.6) is 0 Å². The van der Waals surface area contributed by atoms with Gasteiger partial charge in [0.1, 0.15) is 5.60 Å². The van der Waals surface area contributed by atoms with Crippen LogP contribution in [0.1, 0.15) is 43.2 Å². The van der Waals surface area contributed by atoms with Crippen LogP contribution >= 0.6 is 0 Å². The summed E-state index contributed by atoms with van der Waals surface area (Å²) in [4.78, 5) is 22.2. The van der Waals surface area contributed by atoms with Gasteiger partial charge in [-0.2, -0.15) is 5.10 Å². The van der Waals surface area contributed by atoms with E-state index in [1.165, 1.54) is 6.20 Å². The summed E-state index contributed by atoms with van der Waals surface area (Å²) in [6.07, 6.45) is 4.92. The molecule has 20 heavy (non-hydrogen) atoms. The maximum absolute atomic E-state index is 11.3. The van der Waals surface area contributed by atoms with Crippen molar-refractivity contribution in [1.82, 2.24) is 15.5 Å². The molecule has 1 heterocycles. The summed E-state index contributed by atoms with van der Waals surface area (Å²) in [6.45, 7) is 5.78. The van der Waals surface area contributed by atoms with E-state index in [1.54, 1.807) is 32.9 Å². The third-order valence-corrected chi connectivity index (χ3v) is 2.16. The first-order chi connectivity index (χ1) is 9.29. The van der Waals surface area contributed by atoms with Crippen LogP contribution in [0, 0.1) is 0 Å². The maximum atomic E-state index is 11.3. The van der Waals surface area contributed by atoms with Gasteiger partial charge in [-0.3, -0.25) is 5.10 Å². The molecular weight excluding hydrogens is 262 g/mol. The lowest BCUT2D eigenvalue weighted by atomic mass is 10.2. The largest absolute Gasteiger partial charge is 0.477 e. The number of aromatic amines is 1. The first-order valence-electron chi connectivity index (χ1n) is 6.19. The zero-order chi connectivity index (χ0) is 15.2. The molecule has 0 fully saturated rings. The molecule has 0 spiro atoms. The van der Waals surface area contributed by atoms with Gasteiger partial charge in [0.05, 0.1) is 6.20 Å². The number of carbonyl (C=O) groups is 2. The van der Waals surface area contributed by atoms with E-state index in [0.717, 1.165) is 0 Å². The van der Waals surface area contributed by atoms with Crippen LogP contribution in [0.15, 0.2) is 12.3 Å². The van der Waals surface area contributed by atoms with Gasteiger partial charge in [0.15, 0.2) is 5.69 Å². The van der Waals surface area contributed by atoms with E-state index < -0.39 is 17.7 Å². The molecule has 0 radical (unpaired) electrons. The second-order valence-electron chi connectivity index (χ2n) is 5.13. The quantitative estimate of drug-likeness (QED) is 0.716. The number of hydrogen-bond acceptors (Lipinski definition) is 4. The molecule has 0 aliphatic rings. The average molecular weight is 281 g/mol. The highest BCUT2D eigenvalue weighted by atomic mass is 16.6. The summed E-state index contributed by atoms with van der Waals surface area (Å²) in [5, 5.41) is 17.5. The Balaban J connectivity index is 2.34. The zero-order valence-electron chi connectivity index (χ0n) is 11.8. The van der Waals surface area contributed by atoms with E-state index in [2.05, 4.69) is 15.5 Å². The fourth-order valence-electron chi connectivity index (χ4n) is 1.38. The molecule has 1 rings (SSSR count). The molecule has 0 bridgehead atoms. The van der Waals surface area contributed by atoms with Crippen molar-refractivity contribution in [2.24, 2.45) is 0 Å².